The van der Waals surface area contributed by atoms with Crippen LogP contribution in [0.15, 0.2) is 127 Å². The lowest BCUT2D eigenvalue weighted by atomic mass is 9.33. The fourth-order valence-corrected chi connectivity index (χ4v) is 6.92. The summed E-state index contributed by atoms with van der Waals surface area (Å²) in [6.45, 7) is 8.35. The van der Waals surface area contributed by atoms with Gasteiger partial charge in [-0.1, -0.05) is 90.4 Å². The van der Waals surface area contributed by atoms with Crippen LogP contribution in [0.4, 0.5) is 34.1 Å². The highest BCUT2D eigenvalue weighted by atomic mass is 15.2. The summed E-state index contributed by atoms with van der Waals surface area (Å²) < 4.78 is 43.3. The van der Waals surface area contributed by atoms with Crippen LogP contribution in [0.3, 0.4) is 0 Å². The molecule has 0 bridgehead atoms. The lowest BCUT2D eigenvalue weighted by Crippen LogP contribution is -2.61. The first kappa shape index (κ1) is 20.8. The summed E-state index contributed by atoms with van der Waals surface area (Å²) >= 11 is 0. The largest absolute Gasteiger partial charge is 0.311 e. The molecule has 0 atom stereocenters. The van der Waals surface area contributed by atoms with Crippen LogP contribution in [0, 0.1) is 27.7 Å². The second-order valence-corrected chi connectivity index (χ2v) is 11.8. The van der Waals surface area contributed by atoms with Gasteiger partial charge in [-0.25, -0.2) is 0 Å². The van der Waals surface area contributed by atoms with Gasteiger partial charge >= 0.3 is 0 Å². The molecule has 2 heterocycles. The van der Waals surface area contributed by atoms with E-state index in [1.54, 1.807) is 0 Å². The van der Waals surface area contributed by atoms with E-state index >= 15 is 0 Å². The quantitative estimate of drug-likeness (QED) is 0.201. The molecule has 0 unspecified atom stereocenters. The number of anilines is 6. The van der Waals surface area contributed by atoms with Crippen molar-refractivity contribution >= 4 is 57.2 Å². The topological polar surface area (TPSA) is 6.48 Å². The fourth-order valence-electron chi connectivity index (χ4n) is 6.92. The van der Waals surface area contributed by atoms with Crippen molar-refractivity contribution in [3.05, 3.63) is 150 Å². The van der Waals surface area contributed by atoms with Gasteiger partial charge in [0.25, 0.3) is 6.71 Å². The summed E-state index contributed by atoms with van der Waals surface area (Å²) in [5, 5.41) is 0. The Kier molecular flexibility index (Phi) is 4.73. The Balaban J connectivity index is 1.56. The van der Waals surface area contributed by atoms with E-state index < -0.39 is 6.04 Å². The maximum absolute atomic E-state index is 8.97. The van der Waals surface area contributed by atoms with Crippen LogP contribution >= 0.6 is 0 Å². The molecule has 3 heteroatoms. The van der Waals surface area contributed by atoms with Crippen LogP contribution < -0.4 is 26.2 Å². The lowest BCUT2D eigenvalue weighted by molar-refractivity contribution is 1.22. The van der Waals surface area contributed by atoms with Gasteiger partial charge in [-0.05, 0) is 114 Å². The van der Waals surface area contributed by atoms with Crippen LogP contribution in [0.5, 0.6) is 0 Å². The first-order valence-corrected chi connectivity index (χ1v) is 14.7. The van der Waals surface area contributed by atoms with Crippen molar-refractivity contribution in [1.29, 1.82) is 0 Å². The summed E-state index contributed by atoms with van der Waals surface area (Å²) in [5.41, 5.74) is 14.8. The first-order valence-electron chi connectivity index (χ1n) is 17.2. The number of rotatable bonds is 3. The van der Waals surface area contributed by atoms with E-state index in [0.717, 1.165) is 56.3 Å². The van der Waals surface area contributed by atoms with E-state index in [-0.39, 0.29) is 36.4 Å². The van der Waals surface area contributed by atoms with Gasteiger partial charge in [0.05, 0.1) is 6.85 Å². The van der Waals surface area contributed by atoms with Crippen molar-refractivity contribution in [2.24, 2.45) is 0 Å². The number of benzene rings is 6. The molecule has 0 amide bonds. The number of nitrogens with zero attached hydrogens (tertiary/aromatic N) is 2. The predicted molar refractivity (Wildman–Crippen MR) is 185 cm³/mol. The average Bonchev–Trinajstić information content (AvgIpc) is 3.07. The second-order valence-electron chi connectivity index (χ2n) is 11.8. The van der Waals surface area contributed by atoms with E-state index in [1.807, 2.05) is 30.3 Å². The van der Waals surface area contributed by atoms with Crippen LogP contribution in [0.1, 0.15) is 29.1 Å². The Morgan fingerprint density at radius 2 is 1.09 bits per heavy atom. The van der Waals surface area contributed by atoms with Gasteiger partial charge in [0.15, 0.2) is 0 Å². The van der Waals surface area contributed by atoms with Crippen LogP contribution in [0.25, 0.3) is 11.1 Å². The fraction of sp³-hybridized carbons (Fsp3) is 0.100. The van der Waals surface area contributed by atoms with E-state index in [2.05, 4.69) is 104 Å². The summed E-state index contributed by atoms with van der Waals surface area (Å²) in [5.74, 6) is 0. The third kappa shape index (κ3) is 4.03. The summed E-state index contributed by atoms with van der Waals surface area (Å²) in [7, 11) is 0. The van der Waals surface area contributed by atoms with Gasteiger partial charge in [0.2, 0.25) is 0 Å². The summed E-state index contributed by atoms with van der Waals surface area (Å²) in [4.78, 5) is 4.59. The smallest absolute Gasteiger partial charge is 0.252 e. The van der Waals surface area contributed by atoms with Gasteiger partial charge in [-0.15, -0.1) is 0 Å². The van der Waals surface area contributed by atoms with Crippen LogP contribution in [0.2, 0.25) is 0 Å². The monoisotopic (exact) mass is 557 g/mol. The molecular weight excluding hydrogens is 519 g/mol. The number of fused-ring (bicyclic) bond motifs is 4. The Bertz CT molecular complexity index is 2290. The first-order chi connectivity index (χ1) is 23.0. The Morgan fingerprint density at radius 3 is 1.74 bits per heavy atom. The second kappa shape index (κ2) is 9.78. The zero-order valence-electron chi connectivity index (χ0n) is 29.7. The molecule has 0 saturated heterocycles. The number of para-hydroxylation sites is 1. The normalized spacial score (nSPS) is 14.6. The van der Waals surface area contributed by atoms with Gasteiger partial charge < -0.3 is 9.80 Å². The Hall–Kier alpha value is -5.02. The molecule has 2 aliphatic heterocycles. The highest BCUT2D eigenvalue weighted by molar-refractivity contribution is 7.00. The minimum Gasteiger partial charge on any atom is -0.311 e. The standard InChI is InChI=1S/C40H33BN2/c1-26-17-20-35(29(4)21-26)43-37-23-28(3)16-19-34(37)41-33-18-15-27(2)22-36(33)42(32-13-9-6-10-14-32)38-24-31(25-39(43)40(38)41)30-11-7-5-8-12-30/h5-25H,1-4H3/i5D,7D,8D,11D,12D. The highest BCUT2D eigenvalue weighted by Gasteiger charge is 2.43. The molecule has 0 fully saturated rings. The molecule has 8 rings (SSSR count). The minimum absolute atomic E-state index is 0.0859. The van der Waals surface area contributed by atoms with E-state index in [1.165, 1.54) is 16.5 Å². The molecule has 0 aliphatic carbocycles. The van der Waals surface area contributed by atoms with E-state index in [0.29, 0.717) is 5.56 Å². The number of hydrogen-bond acceptors (Lipinski definition) is 2. The number of hydrogen-bond donors (Lipinski definition) is 0. The van der Waals surface area contributed by atoms with Crippen LogP contribution in [-0.2, 0) is 0 Å². The van der Waals surface area contributed by atoms with Crippen molar-refractivity contribution in [2.45, 2.75) is 27.7 Å². The molecular formula is C40H33BN2. The lowest BCUT2D eigenvalue weighted by Gasteiger charge is -2.45. The highest BCUT2D eigenvalue weighted by Crippen LogP contribution is 2.46. The van der Waals surface area contributed by atoms with E-state index in [9.17, 15) is 0 Å². The number of aryl methyl sites for hydroxylation is 4. The third-order valence-electron chi connectivity index (χ3n) is 8.78. The summed E-state index contributed by atoms with van der Waals surface area (Å²) in [6.07, 6.45) is 0. The molecule has 6 aromatic rings. The Labute approximate surface area is 262 Å². The molecule has 0 N–H and O–H groups in total. The average molecular weight is 558 g/mol. The van der Waals surface area contributed by atoms with Gasteiger partial charge in [0, 0.05) is 34.1 Å². The van der Waals surface area contributed by atoms with Gasteiger partial charge in [0.1, 0.15) is 0 Å². The van der Waals surface area contributed by atoms with Gasteiger partial charge in [-0.2, -0.15) is 0 Å². The van der Waals surface area contributed by atoms with Crippen molar-refractivity contribution in [3.63, 3.8) is 0 Å². The molecule has 2 aliphatic rings. The molecule has 43 heavy (non-hydrogen) atoms. The van der Waals surface area contributed by atoms with Gasteiger partial charge in [-0.3, -0.25) is 0 Å². The van der Waals surface area contributed by atoms with Crippen molar-refractivity contribution in [2.75, 3.05) is 9.80 Å². The molecule has 0 saturated carbocycles. The maximum Gasteiger partial charge on any atom is 0.252 e. The summed E-state index contributed by atoms with van der Waals surface area (Å²) in [6, 6.07) is 32.6. The van der Waals surface area contributed by atoms with E-state index in [4.69, 9.17) is 6.85 Å². The molecule has 0 aromatic heterocycles. The maximum atomic E-state index is 8.97. The van der Waals surface area contributed by atoms with Crippen LogP contribution in [-0.4, -0.2) is 6.71 Å². The molecule has 0 radical (unpaired) electrons. The molecule has 6 aromatic carbocycles. The molecule has 0 spiro atoms. The third-order valence-corrected chi connectivity index (χ3v) is 8.78. The zero-order valence-corrected chi connectivity index (χ0v) is 24.7. The Morgan fingerprint density at radius 1 is 0.512 bits per heavy atom. The van der Waals surface area contributed by atoms with Crippen molar-refractivity contribution in [3.8, 4) is 11.1 Å². The minimum atomic E-state index is -0.398. The van der Waals surface area contributed by atoms with Crippen molar-refractivity contribution < 1.29 is 6.85 Å². The van der Waals surface area contributed by atoms with Crippen molar-refractivity contribution in [1.82, 2.24) is 0 Å². The molecule has 206 valence electrons. The SMILES string of the molecule is [2H]c1c([2H])c([2H])c(-c2cc3c4c(c2)N(c2ccc(C)cc2C)c2cc(C)ccc2B4c2ccc(C)cc2N3c2ccccc2)c([2H])c1[2H]. The molecule has 2 nitrogen and oxygen atoms in total. The predicted octanol–water partition coefficient (Wildman–Crippen LogP) is 8.67. The zero-order chi connectivity index (χ0) is 33.6.